The van der Waals surface area contributed by atoms with Crippen LogP contribution in [0.15, 0.2) is 0 Å². The van der Waals surface area contributed by atoms with E-state index in [1.54, 1.807) is 4.74 Å². The summed E-state index contributed by atoms with van der Waals surface area (Å²) in [4.78, 5) is 9.64. The van der Waals surface area contributed by atoms with Crippen LogP contribution in [0, 0.1) is 0 Å². The number of ether oxygens (including phenoxy) is 3. The van der Waals surface area contributed by atoms with Gasteiger partial charge in [-0.1, -0.05) is 0 Å². The molecule has 0 bridgehead atoms. The topological polar surface area (TPSA) is 67.8 Å². The third-order valence-electron chi connectivity index (χ3n) is 2.01. The Kier molecular flexibility index (Phi) is 8.87. The first-order valence-corrected chi connectivity index (χ1v) is 5.47. The summed E-state index contributed by atoms with van der Waals surface area (Å²) in [5.74, 6) is -3.96. The van der Waals surface area contributed by atoms with Crippen molar-refractivity contribution in [1.29, 1.82) is 0 Å². The summed E-state index contributed by atoms with van der Waals surface area (Å²) in [6, 6.07) is 0. The summed E-state index contributed by atoms with van der Waals surface area (Å²) in [5.41, 5.74) is 0. The van der Waals surface area contributed by atoms with Crippen LogP contribution in [-0.2, 0) is 19.0 Å². The average molecular weight is 484 g/mol. The molecule has 5 nitrogen and oxygen atoms in total. The normalized spacial score (nSPS) is 15.1. The molecule has 0 fully saturated rings. The van der Waals surface area contributed by atoms with Gasteiger partial charge in [0.2, 0.25) is 0 Å². The minimum absolute atomic E-state index is 0. The van der Waals surface area contributed by atoms with Gasteiger partial charge in [-0.2, -0.15) is 65.9 Å². The SMILES string of the molecule is O=C([O-])C(F)(F)OC(F)(F)C(F)(F)OC(F)(F)C(F)(F)OC(F)(F)C(F)(F)F.[Na+]. The zero-order valence-corrected chi connectivity index (χ0v) is 14.7. The van der Waals surface area contributed by atoms with Crippen LogP contribution in [0.25, 0.3) is 0 Å². The Morgan fingerprint density at radius 1 is 0.517 bits per heavy atom. The third kappa shape index (κ3) is 6.91. The Morgan fingerprint density at radius 2 is 0.759 bits per heavy atom. The van der Waals surface area contributed by atoms with Crippen molar-refractivity contribution in [3.05, 3.63) is 0 Å². The number of halogens is 15. The van der Waals surface area contributed by atoms with Crippen molar-refractivity contribution in [2.24, 2.45) is 0 Å². The van der Waals surface area contributed by atoms with Crippen molar-refractivity contribution >= 4 is 5.97 Å². The first-order chi connectivity index (χ1) is 11.8. The Hall–Kier alpha value is -0.700. The first kappa shape index (κ1) is 30.5. The molecule has 0 aromatic carbocycles. The third-order valence-corrected chi connectivity index (χ3v) is 2.01. The van der Waals surface area contributed by atoms with Gasteiger partial charge in [-0.3, -0.25) is 0 Å². The number of alkyl halides is 15. The predicted octanol–water partition coefficient (Wildman–Crippen LogP) is -0.0908. The minimum atomic E-state index is -7.48. The summed E-state index contributed by atoms with van der Waals surface area (Å²) < 4.78 is 190. The van der Waals surface area contributed by atoms with Crippen molar-refractivity contribution in [2.45, 2.75) is 42.8 Å². The van der Waals surface area contributed by atoms with Gasteiger partial charge in [0.15, 0.2) is 0 Å². The van der Waals surface area contributed by atoms with Crippen molar-refractivity contribution in [1.82, 2.24) is 0 Å². The summed E-state index contributed by atoms with van der Waals surface area (Å²) in [6.45, 7) is 0. The molecule has 0 saturated carbocycles. The second kappa shape index (κ2) is 8.44. The molecule has 0 saturated heterocycles. The van der Waals surface area contributed by atoms with Crippen molar-refractivity contribution in [3.63, 3.8) is 0 Å². The molecule has 0 unspecified atom stereocenters. The fraction of sp³-hybridized carbons (Fsp3) is 0.875. The molecule has 168 valence electrons. The van der Waals surface area contributed by atoms with Crippen LogP contribution in [0.1, 0.15) is 0 Å². The molecule has 21 heteroatoms. The van der Waals surface area contributed by atoms with E-state index >= 15 is 0 Å². The van der Waals surface area contributed by atoms with Crippen LogP contribution in [-0.4, -0.2) is 48.8 Å². The van der Waals surface area contributed by atoms with Gasteiger partial charge < -0.3 is 9.90 Å². The summed E-state index contributed by atoms with van der Waals surface area (Å²) in [6.07, 6.45) is -50.2. The number of aliphatic carboxylic acids is 1. The largest absolute Gasteiger partial charge is 1.00 e. The van der Waals surface area contributed by atoms with Gasteiger partial charge in [0.1, 0.15) is 5.97 Å². The van der Waals surface area contributed by atoms with Gasteiger partial charge in [0, 0.05) is 0 Å². The molecule has 0 aliphatic heterocycles. The average Bonchev–Trinajstić information content (AvgIpc) is 2.32. The number of hydrogen-bond acceptors (Lipinski definition) is 5. The molecule has 0 heterocycles. The molecule has 0 rings (SSSR count). The van der Waals surface area contributed by atoms with E-state index in [0.29, 0.717) is 0 Å². The smallest absolute Gasteiger partial charge is 0.542 e. The quantitative estimate of drug-likeness (QED) is 0.339. The van der Waals surface area contributed by atoms with E-state index in [1.165, 1.54) is 9.47 Å². The number of carbonyl (C=O) groups is 1. The maximum atomic E-state index is 12.8. The minimum Gasteiger partial charge on any atom is -0.542 e. The van der Waals surface area contributed by atoms with Gasteiger partial charge in [0.05, 0.1) is 0 Å². The molecule has 0 aromatic rings. The molecule has 0 radical (unpaired) electrons. The maximum absolute atomic E-state index is 12.8. The molecule has 0 amide bonds. The van der Waals surface area contributed by atoms with E-state index in [4.69, 9.17) is 0 Å². The molecule has 0 aromatic heterocycles. The fourth-order valence-corrected chi connectivity index (χ4v) is 0.820. The zero-order chi connectivity index (χ0) is 23.2. The van der Waals surface area contributed by atoms with Crippen molar-refractivity contribution < 1.29 is 120 Å². The Morgan fingerprint density at radius 3 is 1.00 bits per heavy atom. The second-order valence-corrected chi connectivity index (χ2v) is 4.19. The molecule has 0 aliphatic carbocycles. The van der Waals surface area contributed by atoms with Crippen LogP contribution >= 0.6 is 0 Å². The van der Waals surface area contributed by atoms with E-state index in [1.807, 2.05) is 0 Å². The first-order valence-electron chi connectivity index (χ1n) is 5.47. The summed E-state index contributed by atoms with van der Waals surface area (Å²) >= 11 is 0. The van der Waals surface area contributed by atoms with Gasteiger partial charge in [-0.05, 0) is 0 Å². The predicted molar refractivity (Wildman–Crippen MR) is 44.0 cm³/mol. The van der Waals surface area contributed by atoms with E-state index in [9.17, 15) is 75.8 Å². The number of rotatable bonds is 9. The van der Waals surface area contributed by atoms with E-state index in [-0.39, 0.29) is 29.6 Å². The van der Waals surface area contributed by atoms with Crippen LogP contribution in [0.4, 0.5) is 65.9 Å². The van der Waals surface area contributed by atoms with Crippen LogP contribution in [0.2, 0.25) is 0 Å². The number of carbonyl (C=O) groups excluding carboxylic acids is 1. The molecule has 29 heavy (non-hydrogen) atoms. The Balaban J connectivity index is 0. The van der Waals surface area contributed by atoms with Crippen molar-refractivity contribution in [2.75, 3.05) is 0 Å². The number of carboxylic acid groups (broad SMARTS) is 1. The molecule has 0 aliphatic rings. The molecule has 0 N–H and O–H groups in total. The van der Waals surface area contributed by atoms with Crippen LogP contribution < -0.4 is 34.7 Å². The van der Waals surface area contributed by atoms with Gasteiger partial charge in [0.25, 0.3) is 0 Å². The van der Waals surface area contributed by atoms with Crippen LogP contribution in [0.5, 0.6) is 0 Å². The Labute approximate surface area is 168 Å². The number of hydrogen-bond donors (Lipinski definition) is 0. The molecule has 0 spiro atoms. The molecular formula is C8F15NaO5. The number of carboxylic acids is 1. The standard InChI is InChI=1S/C8HF15O5.Na/c9-2(10,1(24)25)26-5(16,17)6(18,19)28-8(22,23)7(20,21)27-4(14,15)3(11,12)13;/h(H,24,25);/q;+1/p-1. The van der Waals surface area contributed by atoms with Gasteiger partial charge >= 0.3 is 72.4 Å². The molecule has 0 atom stereocenters. The summed E-state index contributed by atoms with van der Waals surface area (Å²) in [7, 11) is 0. The van der Waals surface area contributed by atoms with Gasteiger partial charge in [-0.15, -0.1) is 0 Å². The van der Waals surface area contributed by atoms with Crippen molar-refractivity contribution in [3.8, 4) is 0 Å². The van der Waals surface area contributed by atoms with E-state index in [2.05, 4.69) is 0 Å². The summed E-state index contributed by atoms with van der Waals surface area (Å²) in [5, 5.41) is 9.64. The monoisotopic (exact) mass is 484 g/mol. The van der Waals surface area contributed by atoms with Gasteiger partial charge in [-0.25, -0.2) is 14.2 Å². The Bertz CT molecular complexity index is 588. The second-order valence-electron chi connectivity index (χ2n) is 4.19. The maximum Gasteiger partial charge on any atom is 1.00 e. The van der Waals surface area contributed by atoms with E-state index in [0.717, 1.165) is 0 Å². The van der Waals surface area contributed by atoms with E-state index < -0.39 is 48.8 Å². The van der Waals surface area contributed by atoms with Crippen LogP contribution in [0.3, 0.4) is 0 Å². The molecular weight excluding hydrogens is 484 g/mol. The zero-order valence-electron chi connectivity index (χ0n) is 12.7. The fourth-order valence-electron chi connectivity index (χ4n) is 0.820.